The van der Waals surface area contributed by atoms with E-state index in [1.54, 1.807) is 0 Å². The zero-order valence-electron chi connectivity index (χ0n) is 19.2. The summed E-state index contributed by atoms with van der Waals surface area (Å²) in [7, 11) is 0. The van der Waals surface area contributed by atoms with Gasteiger partial charge in [0, 0.05) is 41.8 Å². The molecule has 2 N–H and O–H groups in total. The van der Waals surface area contributed by atoms with Crippen molar-refractivity contribution in [3.05, 3.63) is 69.7 Å². The molecule has 172 valence electrons. The van der Waals surface area contributed by atoms with Crippen LogP contribution in [0.15, 0.2) is 58.0 Å². The van der Waals surface area contributed by atoms with E-state index in [-0.39, 0.29) is 18.0 Å². The van der Waals surface area contributed by atoms with Crippen molar-refractivity contribution in [1.82, 2.24) is 10.6 Å². The van der Waals surface area contributed by atoms with Crippen LogP contribution in [0.4, 0.5) is 0 Å². The molecule has 2 atom stereocenters. The second kappa shape index (κ2) is 12.3. The van der Waals surface area contributed by atoms with Crippen LogP contribution in [0.1, 0.15) is 67.6 Å². The molecule has 2 unspecified atom stereocenters. The minimum atomic E-state index is -0.0380. The number of ether oxygens (including phenoxy) is 1. The van der Waals surface area contributed by atoms with Crippen LogP contribution in [0, 0.1) is 0 Å². The zero-order chi connectivity index (χ0) is 22.9. The first-order valence-corrected chi connectivity index (χ1v) is 12.3. The van der Waals surface area contributed by atoms with E-state index in [0.717, 1.165) is 34.3 Å². The Hall–Kier alpha value is -2.02. The van der Waals surface area contributed by atoms with Gasteiger partial charge in [0.2, 0.25) is 0 Å². The lowest BCUT2D eigenvalue weighted by molar-refractivity contribution is 0.0934. The van der Waals surface area contributed by atoms with Crippen LogP contribution >= 0.6 is 15.9 Å². The highest BCUT2D eigenvalue weighted by atomic mass is 79.9. The van der Waals surface area contributed by atoms with Crippen LogP contribution in [0.5, 0.6) is 0 Å². The van der Waals surface area contributed by atoms with Gasteiger partial charge in [-0.1, -0.05) is 40.2 Å². The van der Waals surface area contributed by atoms with Gasteiger partial charge in [0.15, 0.2) is 0 Å². The third-order valence-electron chi connectivity index (χ3n) is 5.52. The lowest BCUT2D eigenvalue weighted by atomic mass is 10.0. The van der Waals surface area contributed by atoms with E-state index in [1.165, 1.54) is 12.8 Å². The summed E-state index contributed by atoms with van der Waals surface area (Å²) in [4.78, 5) is 17.1. The number of carbonyl (C=O) groups is 1. The summed E-state index contributed by atoms with van der Waals surface area (Å²) < 4.78 is 6.66. The van der Waals surface area contributed by atoms with Crippen molar-refractivity contribution in [1.29, 1.82) is 0 Å². The number of nitrogens with one attached hydrogen (secondary N) is 2. The summed E-state index contributed by atoms with van der Waals surface area (Å²) in [5.74, 6) is -0.0380. The summed E-state index contributed by atoms with van der Waals surface area (Å²) in [5.41, 5.74) is 3.97. The summed E-state index contributed by atoms with van der Waals surface area (Å²) in [5, 5.41) is 6.62. The molecule has 3 rings (SSSR count). The van der Waals surface area contributed by atoms with Crippen molar-refractivity contribution >= 4 is 27.5 Å². The average molecular weight is 500 g/mol. The zero-order valence-corrected chi connectivity index (χ0v) is 20.8. The number of nitrogens with zero attached hydrogens (tertiary/aromatic N) is 1. The Morgan fingerprint density at radius 2 is 1.91 bits per heavy atom. The summed E-state index contributed by atoms with van der Waals surface area (Å²) in [6.07, 6.45) is 3.68. The van der Waals surface area contributed by atoms with Crippen LogP contribution in [0.2, 0.25) is 0 Å². The molecule has 0 heterocycles. The maximum Gasteiger partial charge on any atom is 0.251 e. The molecule has 0 saturated heterocycles. The molecule has 0 spiro atoms. The second-order valence-electron chi connectivity index (χ2n) is 8.28. The van der Waals surface area contributed by atoms with Crippen molar-refractivity contribution < 1.29 is 9.53 Å². The fourth-order valence-corrected chi connectivity index (χ4v) is 4.03. The van der Waals surface area contributed by atoms with Crippen molar-refractivity contribution in [2.24, 2.45) is 4.99 Å². The molecule has 6 heteroatoms. The normalized spacial score (nSPS) is 15.9. The predicted octanol–water partition coefficient (Wildman–Crippen LogP) is 5.30. The third-order valence-corrected chi connectivity index (χ3v) is 6.01. The highest BCUT2D eigenvalue weighted by Crippen LogP contribution is 2.23. The van der Waals surface area contributed by atoms with E-state index in [1.807, 2.05) is 36.4 Å². The molecule has 0 radical (unpaired) electrons. The second-order valence-corrected chi connectivity index (χ2v) is 9.20. The number of amides is 1. The highest BCUT2D eigenvalue weighted by molar-refractivity contribution is 9.10. The third kappa shape index (κ3) is 7.54. The van der Waals surface area contributed by atoms with Crippen LogP contribution in [-0.4, -0.2) is 43.5 Å². The molecule has 1 saturated carbocycles. The molecular weight excluding hydrogens is 466 g/mol. The molecule has 0 bridgehead atoms. The molecule has 1 amide bonds. The quantitative estimate of drug-likeness (QED) is 0.307. The van der Waals surface area contributed by atoms with Crippen LogP contribution in [-0.2, 0) is 4.74 Å². The molecule has 1 fully saturated rings. The minimum absolute atomic E-state index is 0.0380. The number of hydrogen-bond acceptors (Lipinski definition) is 4. The monoisotopic (exact) mass is 499 g/mol. The van der Waals surface area contributed by atoms with Gasteiger partial charge in [-0.3, -0.25) is 9.79 Å². The number of halogens is 1. The van der Waals surface area contributed by atoms with Gasteiger partial charge in [0.25, 0.3) is 5.91 Å². The molecule has 2 aromatic carbocycles. The van der Waals surface area contributed by atoms with Crippen LogP contribution < -0.4 is 10.6 Å². The van der Waals surface area contributed by atoms with Crippen LogP contribution in [0.25, 0.3) is 0 Å². The van der Waals surface area contributed by atoms with Gasteiger partial charge in [-0.15, -0.1) is 0 Å². The Balaban J connectivity index is 1.53. The number of carbonyl (C=O) groups excluding carboxylic acids is 1. The highest BCUT2D eigenvalue weighted by Gasteiger charge is 2.21. The Labute approximate surface area is 200 Å². The van der Waals surface area contributed by atoms with E-state index in [9.17, 15) is 4.79 Å². The topological polar surface area (TPSA) is 62.7 Å². The van der Waals surface area contributed by atoms with Crippen molar-refractivity contribution in [2.75, 3.05) is 19.7 Å². The molecule has 1 aliphatic rings. The minimum Gasteiger partial charge on any atom is -0.378 e. The molecule has 0 aliphatic heterocycles. The number of benzene rings is 2. The van der Waals surface area contributed by atoms with Gasteiger partial charge in [-0.25, -0.2) is 0 Å². The van der Waals surface area contributed by atoms with E-state index < -0.39 is 0 Å². The van der Waals surface area contributed by atoms with Gasteiger partial charge in [0.1, 0.15) is 0 Å². The maximum absolute atomic E-state index is 12.4. The number of rotatable bonds is 12. The summed E-state index contributed by atoms with van der Waals surface area (Å²) in [6, 6.07) is 16.3. The predicted molar refractivity (Wildman–Crippen MR) is 135 cm³/mol. The van der Waals surface area contributed by atoms with E-state index in [0.29, 0.717) is 24.8 Å². The average Bonchev–Trinajstić information content (AvgIpc) is 3.61. The Kier molecular flexibility index (Phi) is 9.45. The fraction of sp³-hybridized carbons (Fsp3) is 0.462. The Morgan fingerprint density at radius 3 is 2.56 bits per heavy atom. The standard InChI is InChI=1S/C26H34BrN3O2/c1-4-28-25(22-7-5-8-23(27)17-22)19(3)30-18(2)20-9-11-21(12-10-20)26(31)29-15-6-16-32-24-13-14-24/h5,7-12,17-19,24,30H,4,6,13-16H2,1-3H3,(H,29,31). The van der Waals surface area contributed by atoms with E-state index >= 15 is 0 Å². The first-order chi connectivity index (χ1) is 15.5. The number of aliphatic imine (C=N–C) groups is 1. The maximum atomic E-state index is 12.4. The van der Waals surface area contributed by atoms with Crippen molar-refractivity contribution in [3.63, 3.8) is 0 Å². The van der Waals surface area contributed by atoms with Gasteiger partial charge in [-0.2, -0.15) is 0 Å². The van der Waals surface area contributed by atoms with Gasteiger partial charge < -0.3 is 15.4 Å². The molecular formula is C26H34BrN3O2. The first-order valence-electron chi connectivity index (χ1n) is 11.5. The largest absolute Gasteiger partial charge is 0.378 e. The molecule has 1 aliphatic carbocycles. The molecule has 5 nitrogen and oxygen atoms in total. The van der Waals surface area contributed by atoms with Gasteiger partial charge in [-0.05, 0) is 75.4 Å². The van der Waals surface area contributed by atoms with Gasteiger partial charge in [0.05, 0.1) is 11.8 Å². The molecule has 0 aromatic heterocycles. The van der Waals surface area contributed by atoms with Crippen molar-refractivity contribution in [2.45, 2.75) is 58.2 Å². The van der Waals surface area contributed by atoms with E-state index in [4.69, 9.17) is 9.73 Å². The lowest BCUT2D eigenvalue weighted by Gasteiger charge is -2.23. The van der Waals surface area contributed by atoms with Crippen molar-refractivity contribution in [3.8, 4) is 0 Å². The van der Waals surface area contributed by atoms with Crippen LogP contribution in [0.3, 0.4) is 0 Å². The lowest BCUT2D eigenvalue weighted by Crippen LogP contribution is -2.36. The summed E-state index contributed by atoms with van der Waals surface area (Å²) >= 11 is 3.55. The Morgan fingerprint density at radius 1 is 1.16 bits per heavy atom. The first kappa shape index (κ1) is 24.6. The molecule has 2 aromatic rings. The Bertz CT molecular complexity index is 910. The SMILES string of the molecule is CCN=C(c1cccc(Br)c1)C(C)NC(C)c1ccc(C(=O)NCCCOC2CC2)cc1. The fourth-order valence-electron chi connectivity index (χ4n) is 3.63. The van der Waals surface area contributed by atoms with E-state index in [2.05, 4.69) is 59.5 Å². The van der Waals surface area contributed by atoms with Gasteiger partial charge >= 0.3 is 0 Å². The number of hydrogen-bond donors (Lipinski definition) is 2. The molecule has 32 heavy (non-hydrogen) atoms. The smallest absolute Gasteiger partial charge is 0.251 e. The summed E-state index contributed by atoms with van der Waals surface area (Å²) in [6.45, 7) is 8.42.